The minimum absolute atomic E-state index is 0.300. The van der Waals surface area contributed by atoms with Gasteiger partial charge in [-0.2, -0.15) is 0 Å². The fraction of sp³-hybridized carbons (Fsp3) is 0.300. The Kier molecular flexibility index (Phi) is 10.2. The Morgan fingerprint density at radius 3 is 1.96 bits per heavy atom. The van der Waals surface area contributed by atoms with Gasteiger partial charge in [0.25, 0.3) is 0 Å². The zero-order valence-electron chi connectivity index (χ0n) is 16.1. The normalized spacial score (nSPS) is 9.64. The van der Waals surface area contributed by atoms with Crippen LogP contribution in [-0.4, -0.2) is 40.4 Å². The van der Waals surface area contributed by atoms with Crippen molar-refractivity contribution in [2.24, 2.45) is 0 Å². The molecule has 0 atom stereocenters. The van der Waals surface area contributed by atoms with Gasteiger partial charge in [-0.05, 0) is 23.8 Å². The van der Waals surface area contributed by atoms with E-state index in [4.69, 9.17) is 32.7 Å². The zero-order valence-corrected chi connectivity index (χ0v) is 17.6. The fourth-order valence-corrected chi connectivity index (χ4v) is 2.68. The van der Waals surface area contributed by atoms with Gasteiger partial charge in [0, 0.05) is 11.4 Å². The van der Waals surface area contributed by atoms with Crippen molar-refractivity contribution in [2.45, 2.75) is 11.8 Å². The Hall–Kier alpha value is -2.44. The van der Waals surface area contributed by atoms with Crippen LogP contribution in [0.5, 0.6) is 11.5 Å². The summed E-state index contributed by atoms with van der Waals surface area (Å²) in [5.74, 6) is 0.812. The first-order chi connectivity index (χ1) is 13.5. The molecule has 0 bridgehead atoms. The molecule has 0 amide bonds. The van der Waals surface area contributed by atoms with Crippen LogP contribution < -0.4 is 9.47 Å². The summed E-state index contributed by atoms with van der Waals surface area (Å²) in [5, 5.41) is 0. The van der Waals surface area contributed by atoms with Crippen molar-refractivity contribution < 1.29 is 28.5 Å². The van der Waals surface area contributed by atoms with Crippen LogP contribution in [0.1, 0.15) is 31.8 Å². The van der Waals surface area contributed by atoms with Crippen molar-refractivity contribution in [3.63, 3.8) is 0 Å². The molecular weight excluding hydrogens is 407 g/mol. The summed E-state index contributed by atoms with van der Waals surface area (Å²) in [6.07, 6.45) is 0. The van der Waals surface area contributed by atoms with Crippen molar-refractivity contribution >= 4 is 35.1 Å². The van der Waals surface area contributed by atoms with Gasteiger partial charge in [0.05, 0.1) is 34.3 Å². The van der Waals surface area contributed by atoms with E-state index in [1.165, 1.54) is 28.4 Å². The maximum Gasteiger partial charge on any atom is 0.341 e. The Morgan fingerprint density at radius 1 is 0.821 bits per heavy atom. The van der Waals surface area contributed by atoms with Gasteiger partial charge in [-0.3, -0.25) is 0 Å². The third kappa shape index (κ3) is 6.04. The van der Waals surface area contributed by atoms with E-state index < -0.39 is 11.9 Å². The number of rotatable bonds is 6. The number of ether oxygens (including phenoxy) is 4. The predicted molar refractivity (Wildman–Crippen MR) is 108 cm³/mol. The molecule has 0 aliphatic rings. The van der Waals surface area contributed by atoms with E-state index in [2.05, 4.69) is 9.47 Å². The number of esters is 2. The molecule has 2 aromatic rings. The van der Waals surface area contributed by atoms with Gasteiger partial charge in [0.1, 0.15) is 22.6 Å². The molecule has 152 valence electrons. The highest BCUT2D eigenvalue weighted by molar-refractivity contribution is 6.17. The molecule has 0 spiro atoms. The molecular formula is C20H22Cl2O6. The Morgan fingerprint density at radius 2 is 1.46 bits per heavy atom. The van der Waals surface area contributed by atoms with Crippen LogP contribution in [-0.2, 0) is 21.2 Å². The fourth-order valence-electron chi connectivity index (χ4n) is 2.30. The van der Waals surface area contributed by atoms with E-state index in [0.717, 1.165) is 11.1 Å². The molecule has 0 fully saturated rings. The number of alkyl halides is 2. The minimum atomic E-state index is -0.422. The summed E-state index contributed by atoms with van der Waals surface area (Å²) >= 11 is 11.3. The summed E-state index contributed by atoms with van der Waals surface area (Å²) in [6.45, 7) is 0. The highest BCUT2D eigenvalue weighted by Gasteiger charge is 2.15. The maximum atomic E-state index is 11.3. The van der Waals surface area contributed by atoms with Crippen LogP contribution >= 0.6 is 23.2 Å². The lowest BCUT2D eigenvalue weighted by molar-refractivity contribution is 0.0588. The molecule has 0 radical (unpaired) electrons. The molecule has 6 nitrogen and oxygen atoms in total. The van der Waals surface area contributed by atoms with Gasteiger partial charge >= 0.3 is 11.9 Å². The van der Waals surface area contributed by atoms with Crippen LogP contribution in [0.3, 0.4) is 0 Å². The average molecular weight is 429 g/mol. The smallest absolute Gasteiger partial charge is 0.341 e. The second-order valence-electron chi connectivity index (χ2n) is 5.28. The number of hydrogen-bond donors (Lipinski definition) is 0. The third-order valence-corrected chi connectivity index (χ3v) is 4.27. The summed E-state index contributed by atoms with van der Waals surface area (Å²) in [5.41, 5.74) is 2.48. The summed E-state index contributed by atoms with van der Waals surface area (Å²) in [6, 6.07) is 10.3. The lowest BCUT2D eigenvalue weighted by Gasteiger charge is -2.09. The summed E-state index contributed by atoms with van der Waals surface area (Å²) < 4.78 is 19.4. The molecule has 0 heterocycles. The number of para-hydroxylation sites is 1. The topological polar surface area (TPSA) is 71.1 Å². The van der Waals surface area contributed by atoms with Gasteiger partial charge in [-0.25, -0.2) is 9.59 Å². The Balaban J connectivity index is 0.000000280. The van der Waals surface area contributed by atoms with Crippen molar-refractivity contribution in [1.29, 1.82) is 0 Å². The minimum Gasteiger partial charge on any atom is -0.496 e. The molecule has 28 heavy (non-hydrogen) atoms. The van der Waals surface area contributed by atoms with Crippen LogP contribution in [0.15, 0.2) is 36.4 Å². The van der Waals surface area contributed by atoms with Crippen LogP contribution in [0.2, 0.25) is 0 Å². The quantitative estimate of drug-likeness (QED) is 0.500. The standard InChI is InChI=1S/2C10H11ClO3/c1-13-9-5-7(6-11)3-4-8(9)10(12)14-2;1-13-9-7(6-11)4-3-5-8(9)10(12)14-2/h2*3-5H,6H2,1-2H3. The molecule has 2 aromatic carbocycles. The molecule has 0 unspecified atom stereocenters. The second kappa shape index (κ2) is 12.1. The van der Waals surface area contributed by atoms with Crippen molar-refractivity contribution in [3.05, 3.63) is 58.7 Å². The molecule has 2 rings (SSSR count). The highest BCUT2D eigenvalue weighted by Crippen LogP contribution is 2.25. The zero-order chi connectivity index (χ0) is 21.1. The molecule has 0 saturated carbocycles. The number of benzene rings is 2. The molecule has 0 saturated heterocycles. The van der Waals surface area contributed by atoms with Gasteiger partial charge in [-0.1, -0.05) is 18.2 Å². The van der Waals surface area contributed by atoms with E-state index in [-0.39, 0.29) is 0 Å². The average Bonchev–Trinajstić information content (AvgIpc) is 2.76. The van der Waals surface area contributed by atoms with Crippen LogP contribution in [0.25, 0.3) is 0 Å². The van der Waals surface area contributed by atoms with Crippen LogP contribution in [0, 0.1) is 0 Å². The third-order valence-electron chi connectivity index (χ3n) is 3.68. The maximum absolute atomic E-state index is 11.3. The van der Waals surface area contributed by atoms with Crippen molar-refractivity contribution in [1.82, 2.24) is 0 Å². The first-order valence-electron chi connectivity index (χ1n) is 8.08. The number of hydrogen-bond acceptors (Lipinski definition) is 6. The van der Waals surface area contributed by atoms with E-state index in [1.807, 2.05) is 0 Å². The number of halogens is 2. The summed E-state index contributed by atoms with van der Waals surface area (Å²) in [7, 11) is 5.66. The Labute approximate surface area is 174 Å². The number of methoxy groups -OCH3 is 4. The van der Waals surface area contributed by atoms with E-state index in [0.29, 0.717) is 34.4 Å². The highest BCUT2D eigenvalue weighted by atomic mass is 35.5. The second-order valence-corrected chi connectivity index (χ2v) is 5.82. The van der Waals surface area contributed by atoms with Gasteiger partial charge in [-0.15, -0.1) is 23.2 Å². The van der Waals surface area contributed by atoms with Gasteiger partial charge in [0.15, 0.2) is 0 Å². The summed E-state index contributed by atoms with van der Waals surface area (Å²) in [4.78, 5) is 22.6. The largest absolute Gasteiger partial charge is 0.496 e. The Bertz CT molecular complexity index is 807. The molecule has 0 aliphatic heterocycles. The lowest BCUT2D eigenvalue weighted by Crippen LogP contribution is -2.05. The van der Waals surface area contributed by atoms with E-state index in [9.17, 15) is 9.59 Å². The van der Waals surface area contributed by atoms with E-state index in [1.54, 1.807) is 36.4 Å². The molecule has 8 heteroatoms. The van der Waals surface area contributed by atoms with Crippen LogP contribution in [0.4, 0.5) is 0 Å². The monoisotopic (exact) mass is 428 g/mol. The molecule has 0 aliphatic carbocycles. The molecule has 0 aromatic heterocycles. The van der Waals surface area contributed by atoms with Crippen molar-refractivity contribution in [2.75, 3.05) is 28.4 Å². The first kappa shape index (κ1) is 23.6. The van der Waals surface area contributed by atoms with Gasteiger partial charge < -0.3 is 18.9 Å². The predicted octanol–water partition coefficient (Wildman–Crippen LogP) is 4.44. The number of carbonyl (C=O) groups excluding carboxylic acids is 2. The lowest BCUT2D eigenvalue weighted by atomic mass is 10.1. The number of carbonyl (C=O) groups is 2. The molecule has 0 N–H and O–H groups in total. The first-order valence-corrected chi connectivity index (χ1v) is 9.15. The van der Waals surface area contributed by atoms with Crippen molar-refractivity contribution in [3.8, 4) is 11.5 Å². The van der Waals surface area contributed by atoms with E-state index >= 15 is 0 Å². The van der Waals surface area contributed by atoms with Gasteiger partial charge in [0.2, 0.25) is 0 Å². The SMILES string of the molecule is COC(=O)c1ccc(CCl)cc1OC.COC(=O)c1cccc(CCl)c1OC.